The van der Waals surface area contributed by atoms with Gasteiger partial charge in [0.25, 0.3) is 5.56 Å². The Hall–Kier alpha value is -3.10. The van der Waals surface area contributed by atoms with Crippen LogP contribution in [0.15, 0.2) is 75.4 Å². The number of carbonyl (C=O) groups excluding carboxylic acids is 1. The van der Waals surface area contributed by atoms with Gasteiger partial charge in [-0.2, -0.15) is 0 Å². The van der Waals surface area contributed by atoms with Crippen LogP contribution in [-0.2, 0) is 17.9 Å². The Bertz CT molecular complexity index is 1320. The number of rotatable bonds is 5. The van der Waals surface area contributed by atoms with Crippen molar-refractivity contribution < 1.29 is 4.79 Å². The fourth-order valence-electron chi connectivity index (χ4n) is 3.47. The molecule has 0 radical (unpaired) electrons. The van der Waals surface area contributed by atoms with E-state index in [4.69, 9.17) is 11.6 Å². The number of aryl methyl sites for hydroxylation is 1. The molecule has 0 bridgehead atoms. The van der Waals surface area contributed by atoms with Gasteiger partial charge in [-0.3, -0.25) is 23.6 Å². The molecule has 1 fully saturated rings. The summed E-state index contributed by atoms with van der Waals surface area (Å²) in [6.45, 7) is 2.35. The van der Waals surface area contributed by atoms with Crippen LogP contribution in [0.3, 0.4) is 0 Å². The van der Waals surface area contributed by atoms with Gasteiger partial charge < -0.3 is 0 Å². The summed E-state index contributed by atoms with van der Waals surface area (Å²) in [5, 5.41) is 1.14. The van der Waals surface area contributed by atoms with E-state index in [0.717, 1.165) is 27.9 Å². The molecule has 0 saturated carbocycles. The van der Waals surface area contributed by atoms with E-state index in [1.165, 1.54) is 28.6 Å². The standard InChI is InChI=1S/C24H23ClN4O3S/c1-17-8-9-19(14-20(17)25)26-23-28(11-5-13-33-23)22(31)16-29-21(30)10-12-27(24(29)32)15-18-6-3-2-4-7-18/h2-4,6-10,12,14H,5,11,13,15-16H2,1H3. The van der Waals surface area contributed by atoms with E-state index < -0.39 is 11.2 Å². The molecule has 7 nitrogen and oxygen atoms in total. The number of nitrogens with zero attached hydrogens (tertiary/aromatic N) is 4. The van der Waals surface area contributed by atoms with Crippen molar-refractivity contribution in [1.82, 2.24) is 14.0 Å². The van der Waals surface area contributed by atoms with Gasteiger partial charge in [-0.1, -0.05) is 59.8 Å². The van der Waals surface area contributed by atoms with Crippen LogP contribution in [0.1, 0.15) is 17.5 Å². The molecular formula is C24H23ClN4O3S. The highest BCUT2D eigenvalue weighted by atomic mass is 35.5. The number of thioether (sulfide) groups is 1. The Morgan fingerprint density at radius 1 is 1.12 bits per heavy atom. The lowest BCUT2D eigenvalue weighted by Crippen LogP contribution is -2.46. The van der Waals surface area contributed by atoms with E-state index in [1.807, 2.05) is 49.4 Å². The molecule has 9 heteroatoms. The summed E-state index contributed by atoms with van der Waals surface area (Å²) in [7, 11) is 0. The molecule has 1 aliphatic rings. The molecule has 0 unspecified atom stereocenters. The SMILES string of the molecule is Cc1ccc(N=C2SCCCN2C(=O)Cn2c(=O)ccn(Cc3ccccc3)c2=O)cc1Cl. The number of carbonyl (C=O) groups is 1. The summed E-state index contributed by atoms with van der Waals surface area (Å²) in [5.41, 5.74) is 1.49. The fraction of sp³-hybridized carbons (Fsp3) is 0.250. The number of aromatic nitrogens is 2. The van der Waals surface area contributed by atoms with Gasteiger partial charge in [-0.15, -0.1) is 0 Å². The van der Waals surface area contributed by atoms with Crippen LogP contribution in [0.4, 0.5) is 5.69 Å². The van der Waals surface area contributed by atoms with Crippen LogP contribution in [0.2, 0.25) is 5.02 Å². The smallest absolute Gasteiger partial charge is 0.296 e. The molecule has 1 amide bonds. The fourth-order valence-corrected chi connectivity index (χ4v) is 4.62. The Morgan fingerprint density at radius 2 is 1.91 bits per heavy atom. The predicted molar refractivity (Wildman–Crippen MR) is 133 cm³/mol. The normalized spacial score (nSPS) is 15.1. The van der Waals surface area contributed by atoms with E-state index in [2.05, 4.69) is 4.99 Å². The molecule has 0 atom stereocenters. The van der Waals surface area contributed by atoms with Crippen molar-refractivity contribution in [1.29, 1.82) is 0 Å². The average Bonchev–Trinajstić information content (AvgIpc) is 2.82. The van der Waals surface area contributed by atoms with Gasteiger partial charge in [0.05, 0.1) is 12.2 Å². The molecule has 1 saturated heterocycles. The highest BCUT2D eigenvalue weighted by Gasteiger charge is 2.25. The van der Waals surface area contributed by atoms with Crippen molar-refractivity contribution in [3.05, 3.63) is 97.8 Å². The van der Waals surface area contributed by atoms with Crippen molar-refractivity contribution in [3.8, 4) is 0 Å². The second-order valence-electron chi connectivity index (χ2n) is 7.71. The zero-order valence-electron chi connectivity index (χ0n) is 18.1. The molecule has 3 aromatic rings. The van der Waals surface area contributed by atoms with Gasteiger partial charge in [0.2, 0.25) is 5.91 Å². The van der Waals surface area contributed by atoms with Gasteiger partial charge >= 0.3 is 5.69 Å². The van der Waals surface area contributed by atoms with Gasteiger partial charge in [-0.05, 0) is 36.6 Å². The maximum absolute atomic E-state index is 13.2. The minimum Gasteiger partial charge on any atom is -0.296 e. The van der Waals surface area contributed by atoms with Crippen LogP contribution in [-0.4, -0.2) is 37.4 Å². The summed E-state index contributed by atoms with van der Waals surface area (Å²) in [5.74, 6) is 0.480. The number of amidine groups is 1. The zero-order chi connectivity index (χ0) is 23.4. The summed E-state index contributed by atoms with van der Waals surface area (Å²) in [4.78, 5) is 44.7. The third-order valence-corrected chi connectivity index (χ3v) is 6.77. The topological polar surface area (TPSA) is 76.7 Å². The molecule has 170 valence electrons. The van der Waals surface area contributed by atoms with Crippen molar-refractivity contribution in [2.24, 2.45) is 4.99 Å². The number of hydrogen-bond acceptors (Lipinski definition) is 5. The van der Waals surface area contributed by atoms with E-state index in [9.17, 15) is 14.4 Å². The van der Waals surface area contributed by atoms with Gasteiger partial charge in [0.1, 0.15) is 6.54 Å². The third kappa shape index (κ3) is 5.46. The van der Waals surface area contributed by atoms with Crippen LogP contribution < -0.4 is 11.2 Å². The van der Waals surface area contributed by atoms with Crippen LogP contribution in [0.25, 0.3) is 0 Å². The second kappa shape index (κ2) is 10.2. The Morgan fingerprint density at radius 3 is 2.67 bits per heavy atom. The molecule has 2 aromatic carbocycles. The molecule has 4 rings (SSSR count). The lowest BCUT2D eigenvalue weighted by molar-refractivity contribution is -0.128. The van der Waals surface area contributed by atoms with E-state index in [0.29, 0.717) is 29.0 Å². The average molecular weight is 483 g/mol. The number of benzene rings is 2. The van der Waals surface area contributed by atoms with Gasteiger partial charge in [0.15, 0.2) is 5.17 Å². The maximum atomic E-state index is 13.2. The summed E-state index contributed by atoms with van der Waals surface area (Å²) < 4.78 is 2.41. The summed E-state index contributed by atoms with van der Waals surface area (Å²) in [6.07, 6.45) is 2.26. The lowest BCUT2D eigenvalue weighted by Gasteiger charge is -2.28. The molecular weight excluding hydrogens is 460 g/mol. The van der Waals surface area contributed by atoms with Gasteiger partial charge in [-0.25, -0.2) is 9.79 Å². The first-order valence-corrected chi connectivity index (χ1v) is 11.9. The van der Waals surface area contributed by atoms with Crippen molar-refractivity contribution in [2.45, 2.75) is 26.4 Å². The monoisotopic (exact) mass is 482 g/mol. The minimum absolute atomic E-state index is 0.314. The number of aliphatic imine (C=N–C) groups is 1. The van der Waals surface area contributed by atoms with Gasteiger partial charge in [0, 0.05) is 29.6 Å². The largest absolute Gasteiger partial charge is 0.331 e. The molecule has 1 aromatic heterocycles. The molecule has 0 aliphatic carbocycles. The highest BCUT2D eigenvalue weighted by molar-refractivity contribution is 8.13. The first kappa shape index (κ1) is 23.1. The molecule has 0 N–H and O–H groups in total. The molecule has 2 heterocycles. The minimum atomic E-state index is -0.520. The number of hydrogen-bond donors (Lipinski definition) is 0. The Kier molecular flexibility index (Phi) is 7.15. The molecule has 33 heavy (non-hydrogen) atoms. The van der Waals surface area contributed by atoms with E-state index in [-0.39, 0.29) is 12.5 Å². The number of amides is 1. The van der Waals surface area contributed by atoms with Crippen LogP contribution in [0.5, 0.6) is 0 Å². The maximum Gasteiger partial charge on any atom is 0.331 e. The lowest BCUT2D eigenvalue weighted by atomic mass is 10.2. The number of halogens is 1. The summed E-state index contributed by atoms with van der Waals surface area (Å²) >= 11 is 7.68. The van der Waals surface area contributed by atoms with Crippen LogP contribution >= 0.6 is 23.4 Å². The van der Waals surface area contributed by atoms with E-state index >= 15 is 0 Å². The Labute approximate surface area is 200 Å². The second-order valence-corrected chi connectivity index (χ2v) is 9.18. The predicted octanol–water partition coefficient (Wildman–Crippen LogP) is 3.67. The first-order chi connectivity index (χ1) is 15.9. The van der Waals surface area contributed by atoms with Crippen LogP contribution in [0, 0.1) is 6.92 Å². The van der Waals surface area contributed by atoms with Crippen molar-refractivity contribution in [3.63, 3.8) is 0 Å². The summed E-state index contributed by atoms with van der Waals surface area (Å²) in [6, 6.07) is 16.3. The van der Waals surface area contributed by atoms with Crippen molar-refractivity contribution in [2.75, 3.05) is 12.3 Å². The zero-order valence-corrected chi connectivity index (χ0v) is 19.7. The quantitative estimate of drug-likeness (QED) is 0.556. The Balaban J connectivity index is 1.59. The third-order valence-electron chi connectivity index (χ3n) is 5.30. The molecule has 1 aliphatic heterocycles. The van der Waals surface area contributed by atoms with E-state index in [1.54, 1.807) is 11.0 Å². The first-order valence-electron chi connectivity index (χ1n) is 10.5. The molecule has 0 spiro atoms. The highest BCUT2D eigenvalue weighted by Crippen LogP contribution is 2.26. The van der Waals surface area contributed by atoms with Crippen molar-refractivity contribution >= 4 is 40.1 Å².